The zero-order chi connectivity index (χ0) is 21.6. The minimum atomic E-state index is -1.82. The molecule has 0 amide bonds. The van der Waals surface area contributed by atoms with Crippen LogP contribution in [0.3, 0.4) is 0 Å². The molecule has 0 saturated heterocycles. The molecule has 0 heterocycles. The molecular formula is C14H30Cl2N6O8Pt3. The summed E-state index contributed by atoms with van der Waals surface area (Å²) < 4.78 is 0. The SMILES string of the molecule is O=C(O)C(=O)O.O=C(O)C1(C(=O)O)CCC1.[Cl][Pt+2][Cl].[NH-][C@@H]1CCCC[C@H]1[NH-].[NH2-].[NH2-].[NH2-].[NH2-].[Pt+2].[Pt+2]. The molecule has 2 rings (SSSR count). The largest absolute Gasteiger partial charge is 2.00 e. The maximum absolute atomic E-state index is 10.4. The van der Waals surface area contributed by atoms with Gasteiger partial charge >= 0.3 is 101 Å². The summed E-state index contributed by atoms with van der Waals surface area (Å²) in [5, 5.41) is 31.7. The van der Waals surface area contributed by atoms with E-state index < -0.39 is 45.8 Å². The molecule has 0 aliphatic heterocycles. The van der Waals surface area contributed by atoms with Crippen LogP contribution in [0.25, 0.3) is 36.1 Å². The van der Waals surface area contributed by atoms with Crippen molar-refractivity contribution in [3.8, 4) is 0 Å². The Kier molecular flexibility index (Phi) is 49.9. The minimum absolute atomic E-state index is 0. The first-order valence-corrected chi connectivity index (χ1v) is 13.3. The van der Waals surface area contributed by atoms with Crippen LogP contribution < -0.4 is 0 Å². The van der Waals surface area contributed by atoms with Gasteiger partial charge in [0.1, 0.15) is 0 Å². The smallest absolute Gasteiger partial charge is 0.693 e. The molecule has 2 fully saturated rings. The van der Waals surface area contributed by atoms with Crippen LogP contribution in [0.2, 0.25) is 0 Å². The van der Waals surface area contributed by atoms with Gasteiger partial charge in [0.15, 0.2) is 5.41 Å². The van der Waals surface area contributed by atoms with Crippen LogP contribution in [0, 0.1) is 5.41 Å². The second-order valence-corrected chi connectivity index (χ2v) is 8.98. The fourth-order valence-corrected chi connectivity index (χ4v) is 2.18. The van der Waals surface area contributed by atoms with Crippen LogP contribution in [-0.4, -0.2) is 56.4 Å². The van der Waals surface area contributed by atoms with Gasteiger partial charge in [-0.25, -0.2) is 9.59 Å². The molecule has 0 aromatic carbocycles. The van der Waals surface area contributed by atoms with Gasteiger partial charge in [-0.3, -0.25) is 9.59 Å². The number of halogens is 2. The number of carboxylic acids is 4. The molecule has 0 aromatic rings. The molecular weight excluding hydrogens is 1040 g/mol. The minimum Gasteiger partial charge on any atom is -0.693 e. The van der Waals surface area contributed by atoms with E-state index in [0.29, 0.717) is 6.42 Å². The second-order valence-electron chi connectivity index (χ2n) is 5.70. The molecule has 0 aromatic heterocycles. The van der Waals surface area contributed by atoms with Crippen molar-refractivity contribution in [3.63, 3.8) is 0 Å². The Morgan fingerprint density at radius 1 is 0.697 bits per heavy atom. The van der Waals surface area contributed by atoms with E-state index in [2.05, 4.69) is 0 Å². The van der Waals surface area contributed by atoms with Crippen LogP contribution >= 0.6 is 18.8 Å². The van der Waals surface area contributed by atoms with Crippen molar-refractivity contribution in [3.05, 3.63) is 36.1 Å². The number of nitrogens with one attached hydrogen (secondary N) is 2. The molecule has 33 heavy (non-hydrogen) atoms. The third-order valence-corrected chi connectivity index (χ3v) is 3.97. The van der Waals surface area contributed by atoms with Crippen molar-refractivity contribution < 1.29 is 98.2 Å². The van der Waals surface area contributed by atoms with Gasteiger partial charge in [-0.15, -0.1) is 0 Å². The number of aliphatic carboxylic acids is 4. The summed E-state index contributed by atoms with van der Waals surface area (Å²) in [6, 6.07) is -0.160. The third-order valence-electron chi connectivity index (χ3n) is 3.97. The zero-order valence-corrected chi connectivity index (χ0v) is 25.4. The van der Waals surface area contributed by atoms with E-state index in [1.165, 1.54) is 12.8 Å². The van der Waals surface area contributed by atoms with Gasteiger partial charge in [-0.2, -0.15) is 12.1 Å². The number of hydrogen-bond donors (Lipinski definition) is 4. The first kappa shape index (κ1) is 54.3. The van der Waals surface area contributed by atoms with Crippen LogP contribution in [0.5, 0.6) is 0 Å². The van der Waals surface area contributed by atoms with Gasteiger partial charge in [0.05, 0.1) is 0 Å². The molecule has 0 bridgehead atoms. The van der Waals surface area contributed by atoms with Gasteiger partial charge in [0.25, 0.3) is 0 Å². The first-order valence-electron chi connectivity index (χ1n) is 7.63. The number of hydrogen-bond acceptors (Lipinski definition) is 4. The molecule has 0 unspecified atom stereocenters. The van der Waals surface area contributed by atoms with Crippen LogP contribution in [0.4, 0.5) is 0 Å². The van der Waals surface area contributed by atoms with Crippen molar-refractivity contribution >= 4 is 42.7 Å². The maximum atomic E-state index is 10.4. The fraction of sp³-hybridized carbons (Fsp3) is 0.714. The topological polar surface area (TPSA) is 331 Å². The Balaban J connectivity index is -0.0000000419. The van der Waals surface area contributed by atoms with Gasteiger partial charge in [-0.05, 0) is 19.3 Å². The molecule has 208 valence electrons. The Labute approximate surface area is 237 Å². The summed E-state index contributed by atoms with van der Waals surface area (Å²) in [5.74, 6) is -6.05. The molecule has 0 radical (unpaired) electrons. The number of nitrogens with two attached hydrogens (primary N) is 4. The zero-order valence-electron chi connectivity index (χ0n) is 17.0. The molecule has 14 nitrogen and oxygen atoms in total. The Bertz CT molecular complexity index is 487. The van der Waals surface area contributed by atoms with E-state index in [1.807, 2.05) is 0 Å². The number of carboxylic acid groups (broad SMARTS) is 4. The Morgan fingerprint density at radius 2 is 0.939 bits per heavy atom. The van der Waals surface area contributed by atoms with E-state index in [0.717, 1.165) is 12.8 Å². The molecule has 2 saturated carbocycles. The summed E-state index contributed by atoms with van der Waals surface area (Å²) in [6.45, 7) is 0. The molecule has 0 spiro atoms. The second kappa shape index (κ2) is 30.3. The first-order chi connectivity index (χ1) is 12.5. The van der Waals surface area contributed by atoms with Crippen molar-refractivity contribution in [1.29, 1.82) is 0 Å². The van der Waals surface area contributed by atoms with Crippen LogP contribution in [-0.2, 0) is 77.8 Å². The fourth-order valence-electron chi connectivity index (χ4n) is 2.18. The summed E-state index contributed by atoms with van der Waals surface area (Å²) >= 11 is -0.472. The summed E-state index contributed by atoms with van der Waals surface area (Å²) in [5.41, 5.74) is 13.1. The summed E-state index contributed by atoms with van der Waals surface area (Å²) in [7, 11) is 9.75. The average molecular weight is 1070 g/mol. The summed E-state index contributed by atoms with van der Waals surface area (Å²) in [6.07, 6.45) is 5.50. The Hall–Kier alpha value is 0.285. The van der Waals surface area contributed by atoms with E-state index in [9.17, 15) is 9.59 Å². The predicted molar refractivity (Wildman–Crippen MR) is 114 cm³/mol. The normalized spacial score (nSPS) is 18.1. The third kappa shape index (κ3) is 23.8. The average Bonchev–Trinajstić information content (AvgIpc) is 2.50. The van der Waals surface area contributed by atoms with E-state index in [-0.39, 0.29) is 91.7 Å². The van der Waals surface area contributed by atoms with Crippen molar-refractivity contribution in [2.45, 2.75) is 57.0 Å². The van der Waals surface area contributed by atoms with Gasteiger partial charge in [0.2, 0.25) is 0 Å². The van der Waals surface area contributed by atoms with Crippen molar-refractivity contribution in [2.24, 2.45) is 5.41 Å². The Morgan fingerprint density at radius 3 is 1.00 bits per heavy atom. The number of rotatable bonds is 2. The predicted octanol–water partition coefficient (Wildman–Crippen LogP) is 6.12. The van der Waals surface area contributed by atoms with Crippen molar-refractivity contribution in [1.82, 2.24) is 0 Å². The van der Waals surface area contributed by atoms with Gasteiger partial charge < -0.3 is 56.5 Å². The van der Waals surface area contributed by atoms with Crippen molar-refractivity contribution in [2.75, 3.05) is 0 Å². The maximum Gasteiger partial charge on any atom is 2.00 e. The quantitative estimate of drug-likeness (QED) is 0.184. The molecule has 19 heteroatoms. The van der Waals surface area contributed by atoms with E-state index in [4.69, 9.17) is 60.3 Å². The van der Waals surface area contributed by atoms with Crippen LogP contribution in [0.15, 0.2) is 0 Å². The molecule has 2 aliphatic carbocycles. The number of carbonyl (C=O) groups is 4. The molecule has 2 aliphatic rings. The molecule has 2 atom stereocenters. The van der Waals surface area contributed by atoms with Crippen LogP contribution in [0.1, 0.15) is 44.9 Å². The van der Waals surface area contributed by atoms with E-state index in [1.54, 1.807) is 0 Å². The standard InChI is InChI=1S/C6H12N2.C6H8O4.C2H2O4.2ClH.4H2N.3Pt/c7-5-3-1-2-4-6(5)8;7-4(8)6(5(9)10)2-1-3-6;3-1(4)2(5)6;;;;;;;;;/h5-8H,1-4H2;1-3H2,(H,7,8)(H,9,10);(H,3,4)(H,5,6);2*1H;4*1H2;;;/q-2;;;;;4*-1;2*+2;+4/p-2/t5-,6-;;;;;;;;;;;/m1.........../s1. The summed E-state index contributed by atoms with van der Waals surface area (Å²) in [4.78, 5) is 38.9. The monoisotopic (exact) mass is 1070 g/mol. The van der Waals surface area contributed by atoms with Gasteiger partial charge in [-0.1, -0.05) is 25.7 Å². The van der Waals surface area contributed by atoms with E-state index >= 15 is 0 Å². The molecule has 14 N–H and O–H groups in total. The van der Waals surface area contributed by atoms with Gasteiger partial charge in [0, 0.05) is 0 Å².